The van der Waals surface area contributed by atoms with E-state index < -0.39 is 6.09 Å². The molecule has 0 spiro atoms. The van der Waals surface area contributed by atoms with Gasteiger partial charge < -0.3 is 10.5 Å². The van der Waals surface area contributed by atoms with Gasteiger partial charge in [0.05, 0.1) is 0 Å². The zero-order valence-electron chi connectivity index (χ0n) is 6.21. The Balaban J connectivity index is 2.28. The molecule has 1 aliphatic rings. The maximum Gasteiger partial charge on any atom is 0.404 e. The van der Waals surface area contributed by atoms with E-state index in [0.29, 0.717) is 25.7 Å². The summed E-state index contributed by atoms with van der Waals surface area (Å²) in [5.74, 6) is 0.245. The van der Waals surface area contributed by atoms with Gasteiger partial charge in [-0.3, -0.25) is 4.79 Å². The Kier molecular flexibility index (Phi) is 2.46. The lowest BCUT2D eigenvalue weighted by atomic mass is 9.97. The van der Waals surface area contributed by atoms with E-state index in [9.17, 15) is 9.59 Å². The molecule has 0 bridgehead atoms. The molecule has 0 heterocycles. The standard InChI is InChI=1S/C7H11NO3/c8-7(10)11-6-3-1-5(9)2-4-6/h6H,1-4H2,(H2,8,10). The maximum atomic E-state index is 10.7. The van der Waals surface area contributed by atoms with E-state index >= 15 is 0 Å². The van der Waals surface area contributed by atoms with Crippen LogP contribution in [0.4, 0.5) is 4.79 Å². The molecule has 0 aromatic rings. The lowest BCUT2D eigenvalue weighted by Crippen LogP contribution is -2.27. The predicted molar refractivity (Wildman–Crippen MR) is 37.9 cm³/mol. The highest BCUT2D eigenvalue weighted by Crippen LogP contribution is 2.17. The number of carbonyl (C=O) groups excluding carboxylic acids is 2. The van der Waals surface area contributed by atoms with Crippen LogP contribution in [-0.4, -0.2) is 18.0 Å². The van der Waals surface area contributed by atoms with Gasteiger partial charge in [0.2, 0.25) is 0 Å². The smallest absolute Gasteiger partial charge is 0.404 e. The fourth-order valence-corrected chi connectivity index (χ4v) is 1.20. The number of rotatable bonds is 1. The fourth-order valence-electron chi connectivity index (χ4n) is 1.20. The van der Waals surface area contributed by atoms with Crippen LogP contribution in [0.15, 0.2) is 0 Å². The Labute approximate surface area is 64.7 Å². The van der Waals surface area contributed by atoms with Gasteiger partial charge in [0.1, 0.15) is 11.9 Å². The minimum absolute atomic E-state index is 0.134. The first-order chi connectivity index (χ1) is 5.18. The normalized spacial score (nSPS) is 19.8. The first-order valence-corrected chi connectivity index (χ1v) is 3.66. The van der Waals surface area contributed by atoms with Crippen molar-refractivity contribution >= 4 is 11.9 Å². The Hall–Kier alpha value is -1.06. The van der Waals surface area contributed by atoms with Gasteiger partial charge in [0, 0.05) is 12.8 Å². The SMILES string of the molecule is NC(=O)OC1CCC(=O)CC1. The van der Waals surface area contributed by atoms with Gasteiger partial charge in [0.25, 0.3) is 0 Å². The molecule has 0 atom stereocenters. The van der Waals surface area contributed by atoms with Crippen LogP contribution in [0.3, 0.4) is 0 Å². The van der Waals surface area contributed by atoms with E-state index in [4.69, 9.17) is 10.5 Å². The second-order valence-corrected chi connectivity index (χ2v) is 2.67. The van der Waals surface area contributed by atoms with Crippen LogP contribution >= 0.6 is 0 Å². The van der Waals surface area contributed by atoms with E-state index in [2.05, 4.69) is 0 Å². The second kappa shape index (κ2) is 3.37. The number of hydrogen-bond acceptors (Lipinski definition) is 3. The van der Waals surface area contributed by atoms with Crippen molar-refractivity contribution in [1.82, 2.24) is 0 Å². The summed E-state index contributed by atoms with van der Waals surface area (Å²) < 4.78 is 4.73. The topological polar surface area (TPSA) is 69.4 Å². The number of ketones is 1. The summed E-state index contributed by atoms with van der Waals surface area (Å²) >= 11 is 0. The lowest BCUT2D eigenvalue weighted by Gasteiger charge is -2.19. The molecule has 1 amide bonds. The van der Waals surface area contributed by atoms with Crippen molar-refractivity contribution in [2.45, 2.75) is 31.8 Å². The summed E-state index contributed by atoms with van der Waals surface area (Å²) in [7, 11) is 0. The number of amides is 1. The van der Waals surface area contributed by atoms with E-state index in [1.807, 2.05) is 0 Å². The van der Waals surface area contributed by atoms with Gasteiger partial charge in [-0.1, -0.05) is 0 Å². The first-order valence-electron chi connectivity index (χ1n) is 3.66. The van der Waals surface area contributed by atoms with Crippen molar-refractivity contribution in [3.05, 3.63) is 0 Å². The van der Waals surface area contributed by atoms with E-state index in [0.717, 1.165) is 0 Å². The quantitative estimate of drug-likeness (QED) is 0.605. The van der Waals surface area contributed by atoms with Crippen LogP contribution in [0.1, 0.15) is 25.7 Å². The molecule has 4 heteroatoms. The minimum atomic E-state index is -0.746. The van der Waals surface area contributed by atoms with Gasteiger partial charge in [-0.15, -0.1) is 0 Å². The molecule has 4 nitrogen and oxygen atoms in total. The Morgan fingerprint density at radius 1 is 1.45 bits per heavy atom. The van der Waals surface area contributed by atoms with Gasteiger partial charge in [-0.05, 0) is 12.8 Å². The molecule has 1 saturated carbocycles. The minimum Gasteiger partial charge on any atom is -0.446 e. The molecule has 0 aromatic carbocycles. The highest BCUT2D eigenvalue weighted by Gasteiger charge is 2.20. The first kappa shape index (κ1) is 8.04. The predicted octanol–water partition coefficient (Wildman–Crippen LogP) is 0.593. The van der Waals surface area contributed by atoms with Crippen LogP contribution < -0.4 is 5.73 Å². The molecule has 1 fully saturated rings. The number of ether oxygens (including phenoxy) is 1. The van der Waals surface area contributed by atoms with E-state index in [1.54, 1.807) is 0 Å². The van der Waals surface area contributed by atoms with Crippen LogP contribution in [0, 0.1) is 0 Å². The van der Waals surface area contributed by atoms with Gasteiger partial charge >= 0.3 is 6.09 Å². The average molecular weight is 157 g/mol. The molecule has 11 heavy (non-hydrogen) atoms. The molecular weight excluding hydrogens is 146 g/mol. The summed E-state index contributed by atoms with van der Waals surface area (Å²) in [5.41, 5.74) is 4.81. The van der Waals surface area contributed by atoms with Crippen LogP contribution in [0.25, 0.3) is 0 Å². The number of nitrogens with two attached hydrogens (primary N) is 1. The molecule has 0 unspecified atom stereocenters. The Bertz CT molecular complexity index is 169. The number of primary amides is 1. The van der Waals surface area contributed by atoms with Crippen LogP contribution in [0.2, 0.25) is 0 Å². The summed E-state index contributed by atoms with van der Waals surface area (Å²) in [4.78, 5) is 21.0. The molecule has 0 aliphatic heterocycles. The van der Waals surface area contributed by atoms with Crippen molar-refractivity contribution in [2.75, 3.05) is 0 Å². The van der Waals surface area contributed by atoms with E-state index in [1.165, 1.54) is 0 Å². The highest BCUT2D eigenvalue weighted by atomic mass is 16.6. The molecule has 1 aliphatic carbocycles. The van der Waals surface area contributed by atoms with Crippen molar-refractivity contribution in [3.63, 3.8) is 0 Å². The Morgan fingerprint density at radius 3 is 2.45 bits per heavy atom. The fraction of sp³-hybridized carbons (Fsp3) is 0.714. The maximum absolute atomic E-state index is 10.7. The molecule has 2 N–H and O–H groups in total. The van der Waals surface area contributed by atoms with Gasteiger partial charge in [-0.2, -0.15) is 0 Å². The summed E-state index contributed by atoms with van der Waals surface area (Å²) in [6.45, 7) is 0. The number of hydrogen-bond donors (Lipinski definition) is 1. The second-order valence-electron chi connectivity index (χ2n) is 2.67. The number of Topliss-reactive ketones (excluding diaryl/α,β-unsaturated/α-hetero) is 1. The lowest BCUT2D eigenvalue weighted by molar-refractivity contribution is -0.122. The molecule has 0 radical (unpaired) electrons. The molecular formula is C7H11NO3. The molecule has 62 valence electrons. The van der Waals surface area contributed by atoms with Crippen molar-refractivity contribution < 1.29 is 14.3 Å². The van der Waals surface area contributed by atoms with Crippen LogP contribution in [-0.2, 0) is 9.53 Å². The molecule has 0 saturated heterocycles. The molecule has 1 rings (SSSR count). The van der Waals surface area contributed by atoms with Gasteiger partial charge in [-0.25, -0.2) is 4.79 Å². The largest absolute Gasteiger partial charge is 0.446 e. The summed E-state index contributed by atoms with van der Waals surface area (Å²) in [6.07, 6.45) is 1.40. The summed E-state index contributed by atoms with van der Waals surface area (Å²) in [5, 5.41) is 0. The van der Waals surface area contributed by atoms with E-state index in [-0.39, 0.29) is 11.9 Å². The monoisotopic (exact) mass is 157 g/mol. The zero-order chi connectivity index (χ0) is 8.27. The van der Waals surface area contributed by atoms with Crippen molar-refractivity contribution in [3.8, 4) is 0 Å². The van der Waals surface area contributed by atoms with Gasteiger partial charge in [0.15, 0.2) is 0 Å². The highest BCUT2D eigenvalue weighted by molar-refractivity contribution is 5.79. The number of carbonyl (C=O) groups is 2. The van der Waals surface area contributed by atoms with Crippen molar-refractivity contribution in [2.24, 2.45) is 5.73 Å². The van der Waals surface area contributed by atoms with Crippen molar-refractivity contribution in [1.29, 1.82) is 0 Å². The average Bonchev–Trinajstić information content (AvgIpc) is 1.93. The third-order valence-corrected chi connectivity index (χ3v) is 1.77. The van der Waals surface area contributed by atoms with Crippen LogP contribution in [0.5, 0.6) is 0 Å². The third kappa shape index (κ3) is 2.57. The third-order valence-electron chi connectivity index (χ3n) is 1.77. The molecule has 0 aromatic heterocycles. The Morgan fingerprint density at radius 2 is 2.00 bits per heavy atom. The summed E-state index contributed by atoms with van der Waals surface area (Å²) in [6, 6.07) is 0. The zero-order valence-corrected chi connectivity index (χ0v) is 6.21.